The molecule has 1 amide bonds. The summed E-state index contributed by atoms with van der Waals surface area (Å²) in [7, 11) is 1.56. The van der Waals surface area contributed by atoms with E-state index in [1.54, 1.807) is 25.2 Å². The lowest BCUT2D eigenvalue weighted by Crippen LogP contribution is -2.24. The van der Waals surface area contributed by atoms with Gasteiger partial charge in [0.15, 0.2) is 5.82 Å². The lowest BCUT2D eigenvalue weighted by Gasteiger charge is -2.11. The van der Waals surface area contributed by atoms with Crippen LogP contribution >= 0.6 is 11.6 Å². The third-order valence-corrected chi connectivity index (χ3v) is 4.57. The highest BCUT2D eigenvalue weighted by atomic mass is 35.5. The third kappa shape index (κ3) is 4.60. The largest absolute Gasteiger partial charge is 0.382 e. The molecule has 150 valence electrons. The van der Waals surface area contributed by atoms with Crippen LogP contribution in [0.15, 0.2) is 53.5 Å². The van der Waals surface area contributed by atoms with Crippen molar-refractivity contribution in [3.8, 4) is 5.69 Å². The van der Waals surface area contributed by atoms with E-state index in [1.807, 2.05) is 6.07 Å². The smallest absolute Gasteiger partial charge is 0.292 e. The highest BCUT2D eigenvalue weighted by Crippen LogP contribution is 2.18. The van der Waals surface area contributed by atoms with E-state index in [1.165, 1.54) is 6.20 Å². The predicted molar refractivity (Wildman–Crippen MR) is 107 cm³/mol. The fourth-order valence-electron chi connectivity index (χ4n) is 2.73. The van der Waals surface area contributed by atoms with Gasteiger partial charge in [-0.05, 0) is 36.2 Å². The molecule has 2 aromatic carbocycles. The van der Waals surface area contributed by atoms with Crippen molar-refractivity contribution in [3.05, 3.63) is 86.8 Å². The molecular formula is C20H17ClF2N4O2. The van der Waals surface area contributed by atoms with Crippen LogP contribution in [0.3, 0.4) is 0 Å². The molecule has 0 unspecified atom stereocenters. The minimum atomic E-state index is -0.924. The summed E-state index contributed by atoms with van der Waals surface area (Å²) in [5.74, 6) is -1.86. The molecule has 0 bridgehead atoms. The van der Waals surface area contributed by atoms with Gasteiger partial charge in [-0.3, -0.25) is 9.59 Å². The molecular weight excluding hydrogens is 402 g/mol. The summed E-state index contributed by atoms with van der Waals surface area (Å²) in [4.78, 5) is 24.1. The average Bonchev–Trinajstić information content (AvgIpc) is 2.71. The van der Waals surface area contributed by atoms with Crippen molar-refractivity contribution in [2.75, 3.05) is 18.9 Å². The van der Waals surface area contributed by atoms with Gasteiger partial charge in [0.25, 0.3) is 11.5 Å². The number of hydrogen-bond acceptors (Lipinski definition) is 4. The molecule has 0 atom stereocenters. The number of aromatic nitrogens is 2. The number of anilines is 1. The molecule has 6 nitrogen and oxygen atoms in total. The predicted octanol–water partition coefficient (Wildman–Crippen LogP) is 3.18. The molecule has 0 aliphatic heterocycles. The molecule has 0 aliphatic carbocycles. The summed E-state index contributed by atoms with van der Waals surface area (Å²) in [6.07, 6.45) is 1.87. The first-order valence-corrected chi connectivity index (χ1v) is 9.06. The minimum absolute atomic E-state index is 0.164. The Balaban J connectivity index is 1.74. The zero-order valence-electron chi connectivity index (χ0n) is 15.4. The quantitative estimate of drug-likeness (QED) is 0.644. The topological polar surface area (TPSA) is 76.0 Å². The van der Waals surface area contributed by atoms with Crippen LogP contribution in [0, 0.1) is 11.6 Å². The number of hydrogen-bond donors (Lipinski definition) is 2. The van der Waals surface area contributed by atoms with Crippen molar-refractivity contribution < 1.29 is 13.6 Å². The summed E-state index contributed by atoms with van der Waals surface area (Å²) in [5.41, 5.74) is 0.829. The van der Waals surface area contributed by atoms with Crippen LogP contribution in [0.1, 0.15) is 15.9 Å². The van der Waals surface area contributed by atoms with Gasteiger partial charge in [-0.2, -0.15) is 9.78 Å². The molecule has 29 heavy (non-hydrogen) atoms. The number of halogens is 3. The highest BCUT2D eigenvalue weighted by molar-refractivity contribution is 6.32. The Labute approximate surface area is 170 Å². The summed E-state index contributed by atoms with van der Waals surface area (Å²) < 4.78 is 27.8. The average molecular weight is 419 g/mol. The maximum atomic E-state index is 13.9. The molecule has 0 spiro atoms. The van der Waals surface area contributed by atoms with Crippen LogP contribution < -0.4 is 16.2 Å². The molecule has 9 heteroatoms. The first kappa shape index (κ1) is 20.5. The van der Waals surface area contributed by atoms with Crippen molar-refractivity contribution >= 4 is 23.2 Å². The Hall–Kier alpha value is -3.26. The molecule has 0 saturated carbocycles. The van der Waals surface area contributed by atoms with E-state index < -0.39 is 17.2 Å². The number of benzene rings is 2. The van der Waals surface area contributed by atoms with Crippen molar-refractivity contribution in [2.45, 2.75) is 6.42 Å². The van der Waals surface area contributed by atoms with Crippen LogP contribution in [0.2, 0.25) is 5.02 Å². The van der Waals surface area contributed by atoms with Gasteiger partial charge in [0.1, 0.15) is 16.5 Å². The van der Waals surface area contributed by atoms with Gasteiger partial charge in [0, 0.05) is 25.2 Å². The molecule has 1 heterocycles. The number of carbonyl (C=O) groups excluding carboxylic acids is 1. The summed E-state index contributed by atoms with van der Waals surface area (Å²) in [5, 5.41) is 9.32. The number of nitrogens with one attached hydrogen (secondary N) is 2. The van der Waals surface area contributed by atoms with Crippen LogP contribution in [-0.4, -0.2) is 29.3 Å². The summed E-state index contributed by atoms with van der Waals surface area (Å²) in [6.45, 7) is 0.424. The van der Waals surface area contributed by atoms with Crippen LogP contribution in [-0.2, 0) is 6.42 Å². The van der Waals surface area contributed by atoms with Gasteiger partial charge >= 0.3 is 0 Å². The van der Waals surface area contributed by atoms with Gasteiger partial charge in [0.2, 0.25) is 0 Å². The number of amides is 1. The Bertz CT molecular complexity index is 1120. The molecule has 0 fully saturated rings. The highest BCUT2D eigenvalue weighted by Gasteiger charge is 2.14. The Morgan fingerprint density at radius 2 is 2.00 bits per heavy atom. The first-order chi connectivity index (χ1) is 13.9. The zero-order valence-corrected chi connectivity index (χ0v) is 16.1. The fraction of sp³-hybridized carbons (Fsp3) is 0.150. The van der Waals surface area contributed by atoms with E-state index in [0.29, 0.717) is 24.6 Å². The maximum Gasteiger partial charge on any atom is 0.292 e. The van der Waals surface area contributed by atoms with E-state index in [-0.39, 0.29) is 22.3 Å². The van der Waals surface area contributed by atoms with E-state index in [9.17, 15) is 18.4 Å². The first-order valence-electron chi connectivity index (χ1n) is 8.69. The standard InChI is InChI=1S/C20H17ClF2N4O2/c1-24-19(28)13-4-2-3-12(9-13)7-8-25-16-11-26-27(20(29)18(16)21)17-6-5-14(22)10-15(17)23/h2-6,9-11,25H,7-8H2,1H3,(H,24,28). The minimum Gasteiger partial charge on any atom is -0.382 e. The second kappa shape index (κ2) is 8.83. The van der Waals surface area contributed by atoms with E-state index in [0.717, 1.165) is 22.4 Å². The summed E-state index contributed by atoms with van der Waals surface area (Å²) in [6, 6.07) is 9.95. The Kier molecular flexibility index (Phi) is 6.23. The van der Waals surface area contributed by atoms with E-state index in [2.05, 4.69) is 15.7 Å². The van der Waals surface area contributed by atoms with Crippen molar-refractivity contribution in [2.24, 2.45) is 0 Å². The van der Waals surface area contributed by atoms with Crippen LogP contribution in [0.5, 0.6) is 0 Å². The van der Waals surface area contributed by atoms with Gasteiger partial charge in [-0.1, -0.05) is 23.7 Å². The second-order valence-corrected chi connectivity index (χ2v) is 6.52. The lowest BCUT2D eigenvalue weighted by molar-refractivity contribution is 0.0963. The Morgan fingerprint density at radius 3 is 2.72 bits per heavy atom. The monoisotopic (exact) mass is 418 g/mol. The summed E-state index contributed by atoms with van der Waals surface area (Å²) >= 11 is 6.11. The van der Waals surface area contributed by atoms with Crippen LogP contribution in [0.4, 0.5) is 14.5 Å². The van der Waals surface area contributed by atoms with Gasteiger partial charge < -0.3 is 10.6 Å². The fourth-order valence-corrected chi connectivity index (χ4v) is 2.93. The Morgan fingerprint density at radius 1 is 1.21 bits per heavy atom. The second-order valence-electron chi connectivity index (χ2n) is 6.14. The molecule has 3 rings (SSSR count). The van der Waals surface area contributed by atoms with Gasteiger partial charge in [-0.25, -0.2) is 8.78 Å². The third-order valence-electron chi connectivity index (χ3n) is 4.20. The van der Waals surface area contributed by atoms with E-state index in [4.69, 9.17) is 11.6 Å². The number of carbonyl (C=O) groups is 1. The van der Waals surface area contributed by atoms with Crippen LogP contribution in [0.25, 0.3) is 5.69 Å². The lowest BCUT2D eigenvalue weighted by atomic mass is 10.1. The zero-order chi connectivity index (χ0) is 21.0. The van der Waals surface area contributed by atoms with Gasteiger partial charge in [0.05, 0.1) is 11.9 Å². The normalized spacial score (nSPS) is 10.6. The molecule has 2 N–H and O–H groups in total. The van der Waals surface area contributed by atoms with Crippen molar-refractivity contribution in [3.63, 3.8) is 0 Å². The molecule has 0 aliphatic rings. The molecule has 0 radical (unpaired) electrons. The molecule has 1 aromatic heterocycles. The number of nitrogens with zero attached hydrogens (tertiary/aromatic N) is 2. The van der Waals surface area contributed by atoms with Crippen molar-refractivity contribution in [1.82, 2.24) is 15.1 Å². The van der Waals surface area contributed by atoms with Crippen molar-refractivity contribution in [1.29, 1.82) is 0 Å². The molecule has 3 aromatic rings. The maximum absolute atomic E-state index is 13.9. The van der Waals surface area contributed by atoms with Gasteiger partial charge in [-0.15, -0.1) is 0 Å². The molecule has 0 saturated heterocycles. The SMILES string of the molecule is CNC(=O)c1cccc(CCNc2cnn(-c3ccc(F)cc3F)c(=O)c2Cl)c1. The van der Waals surface area contributed by atoms with E-state index >= 15 is 0 Å². The number of rotatable bonds is 6.